The van der Waals surface area contributed by atoms with Gasteiger partial charge in [0.15, 0.2) is 5.65 Å². The third-order valence-corrected chi connectivity index (χ3v) is 2.35. The van der Waals surface area contributed by atoms with Gasteiger partial charge in [0.05, 0.1) is 0 Å². The normalized spacial score (nSPS) is 11.4. The van der Waals surface area contributed by atoms with E-state index in [1.165, 1.54) is 0 Å². The maximum Gasteiger partial charge on any atom is 0.160 e. The molecule has 0 bridgehead atoms. The minimum Gasteiger partial charge on any atom is -0.310 e. The zero-order chi connectivity index (χ0) is 10.1. The van der Waals surface area contributed by atoms with Crippen LogP contribution in [0, 0.1) is 0 Å². The minimum atomic E-state index is 0.421. The molecule has 3 nitrogen and oxygen atoms in total. The highest BCUT2D eigenvalue weighted by Gasteiger charge is 2.11. The molecule has 14 heavy (non-hydrogen) atoms. The van der Waals surface area contributed by atoms with E-state index in [-0.39, 0.29) is 0 Å². The summed E-state index contributed by atoms with van der Waals surface area (Å²) in [6, 6.07) is 4.37. The predicted molar refractivity (Wildman–Crippen MR) is 57.3 cm³/mol. The van der Waals surface area contributed by atoms with Gasteiger partial charge in [-0.2, -0.15) is 0 Å². The Balaban J connectivity index is 2.74. The van der Waals surface area contributed by atoms with E-state index in [1.54, 1.807) is 0 Å². The number of aromatic nitrogens is 3. The summed E-state index contributed by atoms with van der Waals surface area (Å²) in [5.41, 5.74) is 2.00. The summed E-state index contributed by atoms with van der Waals surface area (Å²) in [6.45, 7) is 6.45. The SMILES string of the molecule is CCc1nc2cccnc2n1C(C)C. The van der Waals surface area contributed by atoms with Gasteiger partial charge in [0.2, 0.25) is 0 Å². The Morgan fingerprint density at radius 3 is 2.86 bits per heavy atom. The maximum absolute atomic E-state index is 4.55. The maximum atomic E-state index is 4.55. The molecule has 74 valence electrons. The molecular weight excluding hydrogens is 174 g/mol. The van der Waals surface area contributed by atoms with Crippen LogP contribution in [0.2, 0.25) is 0 Å². The molecule has 0 amide bonds. The molecular formula is C11H15N3. The molecule has 0 saturated heterocycles. The molecule has 0 saturated carbocycles. The Morgan fingerprint density at radius 1 is 1.43 bits per heavy atom. The Kier molecular flexibility index (Phi) is 2.23. The van der Waals surface area contributed by atoms with Gasteiger partial charge in [-0.25, -0.2) is 9.97 Å². The van der Waals surface area contributed by atoms with Crippen molar-refractivity contribution in [3.05, 3.63) is 24.2 Å². The van der Waals surface area contributed by atoms with Crippen molar-refractivity contribution in [2.24, 2.45) is 0 Å². The summed E-state index contributed by atoms with van der Waals surface area (Å²) in [4.78, 5) is 8.92. The molecule has 0 N–H and O–H groups in total. The van der Waals surface area contributed by atoms with Gasteiger partial charge in [0.25, 0.3) is 0 Å². The van der Waals surface area contributed by atoms with E-state index in [9.17, 15) is 0 Å². The second-order valence-corrected chi connectivity index (χ2v) is 3.69. The van der Waals surface area contributed by atoms with Crippen LogP contribution in [0.1, 0.15) is 32.6 Å². The third kappa shape index (κ3) is 1.29. The molecule has 0 spiro atoms. The fourth-order valence-corrected chi connectivity index (χ4v) is 1.77. The van der Waals surface area contributed by atoms with Gasteiger partial charge in [-0.1, -0.05) is 6.92 Å². The highest BCUT2D eigenvalue weighted by atomic mass is 15.1. The molecule has 2 aromatic rings. The third-order valence-electron chi connectivity index (χ3n) is 2.35. The summed E-state index contributed by atoms with van der Waals surface area (Å²) in [7, 11) is 0. The Labute approximate surface area is 83.8 Å². The monoisotopic (exact) mass is 189 g/mol. The molecule has 0 unspecified atom stereocenters. The van der Waals surface area contributed by atoms with Crippen LogP contribution in [0.3, 0.4) is 0 Å². The van der Waals surface area contributed by atoms with E-state index in [4.69, 9.17) is 0 Å². The summed E-state index contributed by atoms with van der Waals surface area (Å²) in [5, 5.41) is 0. The van der Waals surface area contributed by atoms with E-state index >= 15 is 0 Å². The van der Waals surface area contributed by atoms with Crippen LogP contribution in [0.4, 0.5) is 0 Å². The number of hydrogen-bond acceptors (Lipinski definition) is 2. The Bertz CT molecular complexity index is 443. The second-order valence-electron chi connectivity index (χ2n) is 3.69. The van der Waals surface area contributed by atoms with Gasteiger partial charge in [0, 0.05) is 18.7 Å². The van der Waals surface area contributed by atoms with Crippen molar-refractivity contribution in [2.75, 3.05) is 0 Å². The zero-order valence-corrected chi connectivity index (χ0v) is 8.86. The molecule has 0 aliphatic rings. The number of nitrogens with zero attached hydrogens (tertiary/aromatic N) is 3. The fourth-order valence-electron chi connectivity index (χ4n) is 1.77. The fraction of sp³-hybridized carbons (Fsp3) is 0.455. The van der Waals surface area contributed by atoms with Crippen LogP contribution in [-0.2, 0) is 6.42 Å². The van der Waals surface area contributed by atoms with Crippen molar-refractivity contribution in [2.45, 2.75) is 33.2 Å². The van der Waals surface area contributed by atoms with Crippen LogP contribution in [0.5, 0.6) is 0 Å². The molecule has 2 aromatic heterocycles. The molecule has 2 heterocycles. The standard InChI is InChI=1S/C11H15N3/c1-4-10-13-9-6-5-7-12-11(9)14(10)8(2)3/h5-8H,4H2,1-3H3. The molecule has 0 atom stereocenters. The van der Waals surface area contributed by atoms with Gasteiger partial charge in [-0.15, -0.1) is 0 Å². The molecule has 0 radical (unpaired) electrons. The molecule has 0 aliphatic heterocycles. The van der Waals surface area contributed by atoms with E-state index in [1.807, 2.05) is 18.3 Å². The minimum absolute atomic E-state index is 0.421. The van der Waals surface area contributed by atoms with E-state index in [0.29, 0.717) is 6.04 Å². The first kappa shape index (κ1) is 9.19. The zero-order valence-electron chi connectivity index (χ0n) is 8.86. The van der Waals surface area contributed by atoms with Crippen molar-refractivity contribution in [3.63, 3.8) is 0 Å². The molecule has 0 aromatic carbocycles. The van der Waals surface area contributed by atoms with Gasteiger partial charge in [-0.3, -0.25) is 0 Å². The Morgan fingerprint density at radius 2 is 2.21 bits per heavy atom. The number of hydrogen-bond donors (Lipinski definition) is 0. The number of aryl methyl sites for hydroxylation is 1. The highest BCUT2D eigenvalue weighted by molar-refractivity contribution is 5.71. The lowest BCUT2D eigenvalue weighted by molar-refractivity contribution is 0.584. The lowest BCUT2D eigenvalue weighted by atomic mass is 10.3. The van der Waals surface area contributed by atoms with Crippen molar-refractivity contribution in [1.82, 2.24) is 14.5 Å². The van der Waals surface area contributed by atoms with Crippen LogP contribution >= 0.6 is 0 Å². The lowest BCUT2D eigenvalue weighted by Crippen LogP contribution is -2.05. The van der Waals surface area contributed by atoms with E-state index in [2.05, 4.69) is 35.3 Å². The number of imidazole rings is 1. The van der Waals surface area contributed by atoms with Gasteiger partial charge in [0.1, 0.15) is 11.3 Å². The summed E-state index contributed by atoms with van der Waals surface area (Å²) in [6.07, 6.45) is 2.77. The predicted octanol–water partition coefficient (Wildman–Crippen LogP) is 2.57. The second kappa shape index (κ2) is 3.40. The van der Waals surface area contributed by atoms with Gasteiger partial charge in [-0.05, 0) is 26.0 Å². The van der Waals surface area contributed by atoms with E-state index < -0.39 is 0 Å². The van der Waals surface area contributed by atoms with Gasteiger partial charge < -0.3 is 4.57 Å². The van der Waals surface area contributed by atoms with Crippen LogP contribution in [0.25, 0.3) is 11.2 Å². The lowest BCUT2D eigenvalue weighted by Gasteiger charge is -2.10. The smallest absolute Gasteiger partial charge is 0.160 e. The first-order valence-electron chi connectivity index (χ1n) is 5.06. The Hall–Kier alpha value is -1.38. The van der Waals surface area contributed by atoms with Crippen molar-refractivity contribution in [3.8, 4) is 0 Å². The number of pyridine rings is 1. The quantitative estimate of drug-likeness (QED) is 0.727. The molecule has 3 heteroatoms. The first-order valence-corrected chi connectivity index (χ1v) is 5.06. The summed E-state index contributed by atoms with van der Waals surface area (Å²) < 4.78 is 2.20. The van der Waals surface area contributed by atoms with Crippen LogP contribution in [0.15, 0.2) is 18.3 Å². The molecule has 2 rings (SSSR count). The molecule has 0 aliphatic carbocycles. The van der Waals surface area contributed by atoms with Crippen molar-refractivity contribution < 1.29 is 0 Å². The number of fused-ring (bicyclic) bond motifs is 1. The number of rotatable bonds is 2. The highest BCUT2D eigenvalue weighted by Crippen LogP contribution is 2.18. The average Bonchev–Trinajstić information content (AvgIpc) is 2.55. The van der Waals surface area contributed by atoms with Crippen molar-refractivity contribution >= 4 is 11.2 Å². The first-order chi connectivity index (χ1) is 6.74. The van der Waals surface area contributed by atoms with Gasteiger partial charge >= 0.3 is 0 Å². The average molecular weight is 189 g/mol. The topological polar surface area (TPSA) is 30.7 Å². The summed E-state index contributed by atoms with van der Waals surface area (Å²) in [5.74, 6) is 1.12. The van der Waals surface area contributed by atoms with Crippen LogP contribution < -0.4 is 0 Å². The molecule has 0 fully saturated rings. The largest absolute Gasteiger partial charge is 0.310 e. The van der Waals surface area contributed by atoms with Crippen LogP contribution in [-0.4, -0.2) is 14.5 Å². The summed E-state index contributed by atoms with van der Waals surface area (Å²) >= 11 is 0. The van der Waals surface area contributed by atoms with Crippen molar-refractivity contribution in [1.29, 1.82) is 0 Å². The van der Waals surface area contributed by atoms with E-state index in [0.717, 1.165) is 23.4 Å².